The normalized spacial score (nSPS) is 9.79. The molecule has 0 aliphatic carbocycles. The highest BCUT2D eigenvalue weighted by molar-refractivity contribution is 5.86. The van der Waals surface area contributed by atoms with Crippen LogP contribution >= 0.6 is 0 Å². The maximum Gasteiger partial charge on any atom is 0.407 e. The van der Waals surface area contributed by atoms with Crippen LogP contribution in [0.2, 0.25) is 0 Å². The molecular formula is C13H23NO5. The van der Waals surface area contributed by atoms with Crippen LogP contribution in [0.15, 0.2) is 12.2 Å². The van der Waals surface area contributed by atoms with Crippen molar-refractivity contribution in [1.82, 2.24) is 5.32 Å². The third-order valence-electron chi connectivity index (χ3n) is 2.07. The molecule has 1 N–H and O–H groups in total. The summed E-state index contributed by atoms with van der Waals surface area (Å²) >= 11 is 0. The third-order valence-corrected chi connectivity index (χ3v) is 2.07. The molecule has 0 heterocycles. The Morgan fingerprint density at radius 1 is 1.11 bits per heavy atom. The molecule has 0 aromatic rings. The molecular weight excluding hydrogens is 250 g/mol. The van der Waals surface area contributed by atoms with Crippen LogP contribution in [0.25, 0.3) is 0 Å². The van der Waals surface area contributed by atoms with Crippen LogP contribution in [0.3, 0.4) is 0 Å². The number of carbonyl (C=O) groups is 2. The summed E-state index contributed by atoms with van der Waals surface area (Å²) in [6.07, 6.45) is 1.51. The first-order valence-corrected chi connectivity index (χ1v) is 6.39. The van der Waals surface area contributed by atoms with E-state index in [1.807, 2.05) is 6.92 Å². The first kappa shape index (κ1) is 17.4. The van der Waals surface area contributed by atoms with E-state index in [4.69, 9.17) is 14.2 Å². The van der Waals surface area contributed by atoms with Gasteiger partial charge in [0.05, 0.1) is 13.2 Å². The Labute approximate surface area is 114 Å². The number of hydrogen-bond acceptors (Lipinski definition) is 5. The van der Waals surface area contributed by atoms with Gasteiger partial charge in [-0.05, 0) is 13.3 Å². The van der Waals surface area contributed by atoms with E-state index in [0.717, 1.165) is 12.8 Å². The Morgan fingerprint density at radius 2 is 1.74 bits per heavy atom. The zero-order valence-electron chi connectivity index (χ0n) is 11.7. The van der Waals surface area contributed by atoms with E-state index in [1.165, 1.54) is 0 Å². The van der Waals surface area contributed by atoms with E-state index < -0.39 is 12.1 Å². The average molecular weight is 273 g/mol. The molecule has 0 spiro atoms. The summed E-state index contributed by atoms with van der Waals surface area (Å²) in [5.74, 6) is -0.435. The molecule has 0 unspecified atom stereocenters. The van der Waals surface area contributed by atoms with Gasteiger partial charge in [-0.2, -0.15) is 0 Å². The van der Waals surface area contributed by atoms with Gasteiger partial charge in [-0.1, -0.05) is 19.9 Å². The van der Waals surface area contributed by atoms with Crippen molar-refractivity contribution in [2.24, 2.45) is 0 Å². The maximum atomic E-state index is 11.1. The molecule has 0 aliphatic rings. The minimum absolute atomic E-state index is 0.161. The van der Waals surface area contributed by atoms with E-state index >= 15 is 0 Å². The van der Waals surface area contributed by atoms with E-state index in [2.05, 4.69) is 11.9 Å². The molecule has 1 amide bonds. The van der Waals surface area contributed by atoms with Crippen molar-refractivity contribution >= 4 is 12.1 Å². The topological polar surface area (TPSA) is 73.9 Å². The predicted octanol–water partition coefficient (Wildman–Crippen LogP) is 1.65. The minimum atomic E-state index is -0.439. The summed E-state index contributed by atoms with van der Waals surface area (Å²) in [6, 6.07) is 0. The second-order valence-electron chi connectivity index (χ2n) is 3.94. The molecule has 0 saturated carbocycles. The van der Waals surface area contributed by atoms with Gasteiger partial charge in [-0.25, -0.2) is 9.59 Å². The molecule has 6 heteroatoms. The van der Waals surface area contributed by atoms with Crippen LogP contribution in [0.1, 0.15) is 26.7 Å². The summed E-state index contributed by atoms with van der Waals surface area (Å²) in [5, 5.41) is 2.62. The van der Waals surface area contributed by atoms with E-state index in [0.29, 0.717) is 12.1 Å². The molecule has 0 aromatic heterocycles. The molecule has 0 saturated heterocycles. The Bertz CT molecular complexity index is 291. The molecule has 0 aliphatic heterocycles. The summed E-state index contributed by atoms with van der Waals surface area (Å²) < 4.78 is 14.8. The van der Waals surface area contributed by atoms with Crippen molar-refractivity contribution in [3.05, 3.63) is 12.2 Å². The number of esters is 1. The second-order valence-corrected chi connectivity index (χ2v) is 3.94. The molecule has 0 rings (SSSR count). The summed E-state index contributed by atoms with van der Waals surface area (Å²) in [7, 11) is 0. The monoisotopic (exact) mass is 273 g/mol. The van der Waals surface area contributed by atoms with Crippen molar-refractivity contribution in [3.63, 3.8) is 0 Å². The number of alkyl carbamates (subject to hydrolysis) is 1. The smallest absolute Gasteiger partial charge is 0.407 e. The first-order chi connectivity index (χ1) is 9.07. The Hall–Kier alpha value is -1.56. The number of amides is 1. The predicted molar refractivity (Wildman–Crippen MR) is 70.9 cm³/mol. The zero-order chi connectivity index (χ0) is 14.5. The number of carbonyl (C=O) groups excluding carboxylic acids is 2. The van der Waals surface area contributed by atoms with Gasteiger partial charge in [0.15, 0.2) is 0 Å². The Balaban J connectivity index is 3.29. The quantitative estimate of drug-likeness (QED) is 0.372. The first-order valence-electron chi connectivity index (χ1n) is 6.39. The van der Waals surface area contributed by atoms with Gasteiger partial charge in [0, 0.05) is 12.1 Å². The Kier molecular flexibility index (Phi) is 10.6. The van der Waals surface area contributed by atoms with Gasteiger partial charge in [0.25, 0.3) is 0 Å². The SMILES string of the molecule is C=C(C)C(=O)OCCOCCOC(=O)NCCCC. The number of unbranched alkanes of at least 4 members (excludes halogenated alkanes) is 1. The maximum absolute atomic E-state index is 11.1. The van der Waals surface area contributed by atoms with Gasteiger partial charge < -0.3 is 19.5 Å². The number of hydrogen-bond donors (Lipinski definition) is 1. The minimum Gasteiger partial charge on any atom is -0.460 e. The fraction of sp³-hybridized carbons (Fsp3) is 0.692. The summed E-state index contributed by atoms with van der Waals surface area (Å²) in [4.78, 5) is 22.1. The fourth-order valence-electron chi connectivity index (χ4n) is 1.03. The van der Waals surface area contributed by atoms with Crippen molar-refractivity contribution in [3.8, 4) is 0 Å². The van der Waals surface area contributed by atoms with Crippen LogP contribution in [0.5, 0.6) is 0 Å². The van der Waals surface area contributed by atoms with Gasteiger partial charge in [-0.15, -0.1) is 0 Å². The summed E-state index contributed by atoms with van der Waals surface area (Å²) in [6.45, 7) is 8.56. The largest absolute Gasteiger partial charge is 0.460 e. The van der Waals surface area contributed by atoms with Crippen molar-refractivity contribution in [2.75, 3.05) is 33.0 Å². The van der Waals surface area contributed by atoms with E-state index in [9.17, 15) is 9.59 Å². The number of rotatable bonds is 10. The third kappa shape index (κ3) is 11.3. The lowest BCUT2D eigenvalue weighted by Gasteiger charge is -2.07. The highest BCUT2D eigenvalue weighted by Crippen LogP contribution is 1.91. The highest BCUT2D eigenvalue weighted by Gasteiger charge is 2.02. The van der Waals surface area contributed by atoms with E-state index in [-0.39, 0.29) is 26.4 Å². The molecule has 19 heavy (non-hydrogen) atoms. The average Bonchev–Trinajstić information content (AvgIpc) is 2.37. The van der Waals surface area contributed by atoms with Crippen LogP contribution in [0.4, 0.5) is 4.79 Å². The fourth-order valence-corrected chi connectivity index (χ4v) is 1.03. The van der Waals surface area contributed by atoms with Crippen LogP contribution < -0.4 is 5.32 Å². The van der Waals surface area contributed by atoms with Crippen molar-refractivity contribution in [2.45, 2.75) is 26.7 Å². The lowest BCUT2D eigenvalue weighted by atomic mass is 10.3. The summed E-state index contributed by atoms with van der Waals surface area (Å²) in [5.41, 5.74) is 0.354. The van der Waals surface area contributed by atoms with Crippen molar-refractivity contribution in [1.29, 1.82) is 0 Å². The van der Waals surface area contributed by atoms with Gasteiger partial charge in [-0.3, -0.25) is 0 Å². The zero-order valence-corrected chi connectivity index (χ0v) is 11.7. The highest BCUT2D eigenvalue weighted by atomic mass is 16.6. The molecule has 6 nitrogen and oxygen atoms in total. The van der Waals surface area contributed by atoms with Gasteiger partial charge >= 0.3 is 12.1 Å². The number of nitrogens with one attached hydrogen (secondary N) is 1. The second kappa shape index (κ2) is 11.5. The van der Waals surface area contributed by atoms with Crippen molar-refractivity contribution < 1.29 is 23.8 Å². The molecule has 0 fully saturated rings. The molecule has 0 bridgehead atoms. The molecule has 0 aromatic carbocycles. The van der Waals surface area contributed by atoms with Gasteiger partial charge in [0.2, 0.25) is 0 Å². The number of ether oxygens (including phenoxy) is 3. The Morgan fingerprint density at radius 3 is 2.32 bits per heavy atom. The van der Waals surface area contributed by atoms with Crippen LogP contribution in [-0.2, 0) is 19.0 Å². The molecule has 0 atom stereocenters. The van der Waals surface area contributed by atoms with Crippen LogP contribution in [0, 0.1) is 0 Å². The lowest BCUT2D eigenvalue weighted by Crippen LogP contribution is -2.26. The van der Waals surface area contributed by atoms with E-state index in [1.54, 1.807) is 6.92 Å². The van der Waals surface area contributed by atoms with Gasteiger partial charge in [0.1, 0.15) is 13.2 Å². The molecule has 0 radical (unpaired) electrons. The molecule has 110 valence electrons. The van der Waals surface area contributed by atoms with Crippen LogP contribution in [-0.4, -0.2) is 45.0 Å². The lowest BCUT2D eigenvalue weighted by molar-refractivity contribution is -0.140. The standard InChI is InChI=1S/C13H23NO5/c1-4-5-6-14-13(16)19-10-8-17-7-9-18-12(15)11(2)3/h2,4-10H2,1,3H3,(H,14,16).